The van der Waals surface area contributed by atoms with Gasteiger partial charge < -0.3 is 0 Å². The Bertz CT molecular complexity index is 913. The fraction of sp³-hybridized carbons (Fsp3) is 0.556. The highest BCUT2D eigenvalue weighted by atomic mass is 19.2. The molecule has 0 nitrogen and oxygen atoms in total. The van der Waals surface area contributed by atoms with E-state index in [1.54, 1.807) is 6.92 Å². The maximum Gasteiger partial charge on any atom is 0.167 e. The number of unbranched alkanes of at least 4 members (excludes halogenated alkanes) is 2. The van der Waals surface area contributed by atoms with E-state index < -0.39 is 40.2 Å². The van der Waals surface area contributed by atoms with E-state index in [9.17, 15) is 22.0 Å². The van der Waals surface area contributed by atoms with Crippen molar-refractivity contribution in [3.8, 4) is 11.1 Å². The van der Waals surface area contributed by atoms with E-state index in [0.717, 1.165) is 37.7 Å². The Hall–Kier alpha value is -1.91. The van der Waals surface area contributed by atoms with E-state index in [1.807, 2.05) is 0 Å². The molecule has 0 spiro atoms. The summed E-state index contributed by atoms with van der Waals surface area (Å²) < 4.78 is 72.7. The van der Waals surface area contributed by atoms with E-state index in [-0.39, 0.29) is 24.0 Å². The van der Waals surface area contributed by atoms with Crippen LogP contribution in [-0.2, 0) is 12.8 Å². The Labute approximate surface area is 188 Å². The number of rotatable bonds is 9. The summed E-state index contributed by atoms with van der Waals surface area (Å²) in [6.07, 6.45) is 10.3. The van der Waals surface area contributed by atoms with Crippen molar-refractivity contribution < 1.29 is 22.0 Å². The lowest BCUT2D eigenvalue weighted by Gasteiger charge is -2.28. The van der Waals surface area contributed by atoms with Gasteiger partial charge >= 0.3 is 0 Å². The smallest absolute Gasteiger partial charge is 0.167 e. The molecule has 1 aliphatic carbocycles. The van der Waals surface area contributed by atoms with Gasteiger partial charge in [0, 0.05) is 16.7 Å². The highest BCUT2D eigenvalue weighted by molar-refractivity contribution is 5.66. The standard InChI is InChI=1S/C27H33F5/c1-3-5-6-7-17-8-10-18(11-9-17)12-14-21-23(28)16-22(27(32)26(21)31)20-15-13-19(4-2)24(29)25(20)30/h13,15-18H,3-12,14H2,1-2H3. The molecule has 5 heteroatoms. The summed E-state index contributed by atoms with van der Waals surface area (Å²) in [5.74, 6) is -4.81. The van der Waals surface area contributed by atoms with Crippen molar-refractivity contribution in [1.82, 2.24) is 0 Å². The average molecular weight is 453 g/mol. The van der Waals surface area contributed by atoms with Crippen molar-refractivity contribution in [1.29, 1.82) is 0 Å². The molecule has 0 unspecified atom stereocenters. The van der Waals surface area contributed by atoms with Gasteiger partial charge in [0.1, 0.15) is 5.82 Å². The molecule has 0 radical (unpaired) electrons. The van der Waals surface area contributed by atoms with Gasteiger partial charge in [0.15, 0.2) is 23.3 Å². The van der Waals surface area contributed by atoms with Crippen LogP contribution in [0.1, 0.15) is 82.8 Å². The largest absolute Gasteiger partial charge is 0.207 e. The van der Waals surface area contributed by atoms with Crippen molar-refractivity contribution in [2.45, 2.75) is 84.5 Å². The molecule has 0 amide bonds. The molecule has 0 heterocycles. The van der Waals surface area contributed by atoms with Crippen LogP contribution in [0, 0.1) is 40.9 Å². The van der Waals surface area contributed by atoms with E-state index in [1.165, 1.54) is 37.8 Å². The molecule has 2 aromatic rings. The molecule has 3 rings (SSSR count). The van der Waals surface area contributed by atoms with Crippen LogP contribution in [0.25, 0.3) is 11.1 Å². The minimum Gasteiger partial charge on any atom is -0.207 e. The Balaban J connectivity index is 1.69. The van der Waals surface area contributed by atoms with Crippen molar-refractivity contribution >= 4 is 0 Å². The minimum absolute atomic E-state index is 0.103. The van der Waals surface area contributed by atoms with Crippen LogP contribution in [0.2, 0.25) is 0 Å². The molecular formula is C27H33F5. The van der Waals surface area contributed by atoms with Gasteiger partial charge in [0.2, 0.25) is 0 Å². The Morgan fingerprint density at radius 1 is 0.719 bits per heavy atom. The molecular weight excluding hydrogens is 419 g/mol. The van der Waals surface area contributed by atoms with Crippen LogP contribution < -0.4 is 0 Å². The summed E-state index contributed by atoms with van der Waals surface area (Å²) in [5.41, 5.74) is -1.23. The summed E-state index contributed by atoms with van der Waals surface area (Å²) in [4.78, 5) is 0. The molecule has 0 atom stereocenters. The zero-order chi connectivity index (χ0) is 23.3. The first-order valence-corrected chi connectivity index (χ1v) is 12.0. The fourth-order valence-electron chi connectivity index (χ4n) is 4.97. The average Bonchev–Trinajstić information content (AvgIpc) is 2.79. The summed E-state index contributed by atoms with van der Waals surface area (Å²) >= 11 is 0. The zero-order valence-corrected chi connectivity index (χ0v) is 19.1. The molecule has 0 N–H and O–H groups in total. The number of benzene rings is 2. The van der Waals surface area contributed by atoms with Gasteiger partial charge in [-0.3, -0.25) is 0 Å². The molecule has 1 saturated carbocycles. The van der Waals surface area contributed by atoms with Gasteiger partial charge in [-0.2, -0.15) is 0 Å². The molecule has 1 fully saturated rings. The summed E-state index contributed by atoms with van der Waals surface area (Å²) in [6, 6.07) is 3.28. The number of hydrogen-bond acceptors (Lipinski definition) is 0. The van der Waals surface area contributed by atoms with E-state index in [2.05, 4.69) is 6.92 Å². The fourth-order valence-corrected chi connectivity index (χ4v) is 4.97. The van der Waals surface area contributed by atoms with Gasteiger partial charge in [-0.05, 0) is 42.7 Å². The maximum absolute atomic E-state index is 14.8. The lowest BCUT2D eigenvalue weighted by molar-refractivity contribution is 0.248. The van der Waals surface area contributed by atoms with Crippen molar-refractivity contribution in [2.75, 3.05) is 0 Å². The summed E-state index contributed by atoms with van der Waals surface area (Å²) in [5, 5.41) is 0. The van der Waals surface area contributed by atoms with E-state index in [0.29, 0.717) is 12.3 Å². The minimum atomic E-state index is -1.33. The van der Waals surface area contributed by atoms with Crippen molar-refractivity contribution in [3.05, 3.63) is 58.4 Å². The molecule has 2 aromatic carbocycles. The first kappa shape index (κ1) is 24.7. The van der Waals surface area contributed by atoms with Gasteiger partial charge in [0.25, 0.3) is 0 Å². The monoisotopic (exact) mass is 452 g/mol. The predicted molar refractivity (Wildman–Crippen MR) is 119 cm³/mol. The van der Waals surface area contributed by atoms with Crippen molar-refractivity contribution in [2.24, 2.45) is 11.8 Å². The van der Waals surface area contributed by atoms with Gasteiger partial charge in [-0.15, -0.1) is 0 Å². The SMILES string of the molecule is CCCCCC1CCC(CCc2c(F)cc(-c3ccc(CC)c(F)c3F)c(F)c2F)CC1. The van der Waals surface area contributed by atoms with Crippen LogP contribution >= 0.6 is 0 Å². The third-order valence-electron chi connectivity index (χ3n) is 7.07. The first-order valence-electron chi connectivity index (χ1n) is 12.0. The Kier molecular flexibility index (Phi) is 8.72. The normalized spacial score (nSPS) is 18.8. The molecule has 1 aliphatic rings. The van der Waals surface area contributed by atoms with E-state index in [4.69, 9.17) is 0 Å². The predicted octanol–water partition coefficient (Wildman–Crippen LogP) is 8.93. The topological polar surface area (TPSA) is 0 Å². The second-order valence-corrected chi connectivity index (χ2v) is 9.19. The van der Waals surface area contributed by atoms with Crippen LogP contribution in [0.15, 0.2) is 18.2 Å². The summed E-state index contributed by atoms with van der Waals surface area (Å²) in [7, 11) is 0. The lowest BCUT2D eigenvalue weighted by atomic mass is 9.77. The highest BCUT2D eigenvalue weighted by Crippen LogP contribution is 2.36. The van der Waals surface area contributed by atoms with Crippen LogP contribution in [0.3, 0.4) is 0 Å². The van der Waals surface area contributed by atoms with Crippen molar-refractivity contribution in [3.63, 3.8) is 0 Å². The van der Waals surface area contributed by atoms with Gasteiger partial charge in [-0.25, -0.2) is 22.0 Å². The van der Waals surface area contributed by atoms with Crippen LogP contribution in [0.4, 0.5) is 22.0 Å². The van der Waals surface area contributed by atoms with Crippen LogP contribution in [-0.4, -0.2) is 0 Å². The Morgan fingerprint density at radius 3 is 1.97 bits per heavy atom. The zero-order valence-electron chi connectivity index (χ0n) is 19.1. The second-order valence-electron chi connectivity index (χ2n) is 9.19. The third kappa shape index (κ3) is 5.52. The summed E-state index contributed by atoms with van der Waals surface area (Å²) in [6.45, 7) is 3.85. The van der Waals surface area contributed by atoms with Gasteiger partial charge in [0.05, 0.1) is 0 Å². The van der Waals surface area contributed by atoms with Crippen LogP contribution in [0.5, 0.6) is 0 Å². The molecule has 176 valence electrons. The first-order chi connectivity index (χ1) is 15.4. The number of aryl methyl sites for hydroxylation is 1. The third-order valence-corrected chi connectivity index (χ3v) is 7.07. The quantitative estimate of drug-likeness (QED) is 0.202. The van der Waals surface area contributed by atoms with E-state index >= 15 is 0 Å². The molecule has 0 saturated heterocycles. The Morgan fingerprint density at radius 2 is 1.34 bits per heavy atom. The van der Waals surface area contributed by atoms with Gasteiger partial charge in [-0.1, -0.05) is 77.3 Å². The molecule has 32 heavy (non-hydrogen) atoms. The number of hydrogen-bond donors (Lipinski definition) is 0. The molecule has 0 aliphatic heterocycles. The highest BCUT2D eigenvalue weighted by Gasteiger charge is 2.25. The molecule has 0 aromatic heterocycles. The lowest BCUT2D eigenvalue weighted by Crippen LogP contribution is -2.16. The second kappa shape index (κ2) is 11.3. The number of halogens is 5. The molecule has 0 bridgehead atoms. The maximum atomic E-state index is 14.8.